The summed E-state index contributed by atoms with van der Waals surface area (Å²) in [5.41, 5.74) is 6.09. The maximum atomic E-state index is 12.7. The van der Waals surface area contributed by atoms with E-state index in [1.807, 2.05) is 10.6 Å². The van der Waals surface area contributed by atoms with Gasteiger partial charge < -0.3 is 24.5 Å². The van der Waals surface area contributed by atoms with E-state index in [4.69, 9.17) is 19.9 Å². The Morgan fingerprint density at radius 3 is 2.36 bits per heavy atom. The smallest absolute Gasteiger partial charge is 0.344 e. The molecule has 0 unspecified atom stereocenters. The number of rotatable bonds is 11. The van der Waals surface area contributed by atoms with E-state index in [0.29, 0.717) is 35.5 Å². The molecule has 0 aliphatic heterocycles. The Bertz CT molecular complexity index is 1050. The third-order valence-electron chi connectivity index (χ3n) is 4.86. The van der Waals surface area contributed by atoms with Crippen molar-refractivity contribution in [3.05, 3.63) is 29.5 Å². The van der Waals surface area contributed by atoms with Crippen molar-refractivity contribution >= 4 is 34.5 Å². The van der Waals surface area contributed by atoms with E-state index in [2.05, 4.69) is 0 Å². The molecule has 0 aliphatic carbocycles. The van der Waals surface area contributed by atoms with Crippen LogP contribution >= 0.6 is 0 Å². The Hall–Kier alpha value is -3.36. The summed E-state index contributed by atoms with van der Waals surface area (Å²) in [6, 6.07) is 5.20. The number of nitrogens with two attached hydrogens (primary N) is 1. The average molecular weight is 461 g/mol. The van der Waals surface area contributed by atoms with Crippen molar-refractivity contribution in [2.75, 3.05) is 13.2 Å². The molecule has 0 spiro atoms. The van der Waals surface area contributed by atoms with Gasteiger partial charge in [-0.15, -0.1) is 0 Å². The molecule has 2 N–H and O–H groups in total. The Morgan fingerprint density at radius 1 is 1.06 bits per heavy atom. The summed E-state index contributed by atoms with van der Waals surface area (Å²) in [6.45, 7) is 8.96. The minimum atomic E-state index is -1.07. The molecular weight excluding hydrogens is 428 g/mol. The number of nitrogens with zero attached hydrogens (tertiary/aromatic N) is 1. The van der Waals surface area contributed by atoms with Crippen LogP contribution in [0.2, 0.25) is 0 Å². The monoisotopic (exact) mass is 460 g/mol. The van der Waals surface area contributed by atoms with Crippen LogP contribution in [0.3, 0.4) is 0 Å². The van der Waals surface area contributed by atoms with Crippen molar-refractivity contribution in [2.24, 2.45) is 5.73 Å². The first-order valence-corrected chi connectivity index (χ1v) is 10.9. The largest absolute Gasteiger partial charge is 0.481 e. The number of unbranched alkanes of at least 4 members (excludes halogenated alkanes) is 2. The molecule has 180 valence electrons. The number of benzene rings is 1. The highest BCUT2D eigenvalue weighted by Gasteiger charge is 2.26. The summed E-state index contributed by atoms with van der Waals surface area (Å²) in [7, 11) is 0. The first-order chi connectivity index (χ1) is 15.4. The lowest BCUT2D eigenvalue weighted by Gasteiger charge is -2.19. The number of amides is 1. The van der Waals surface area contributed by atoms with Crippen molar-refractivity contribution in [1.82, 2.24) is 4.57 Å². The number of hydrogen-bond acceptors (Lipinski definition) is 7. The zero-order valence-electron chi connectivity index (χ0n) is 19.9. The molecule has 33 heavy (non-hydrogen) atoms. The van der Waals surface area contributed by atoms with Crippen molar-refractivity contribution < 1.29 is 33.4 Å². The second-order valence-electron chi connectivity index (χ2n) is 8.73. The van der Waals surface area contributed by atoms with Gasteiger partial charge in [-0.2, -0.15) is 0 Å². The van der Waals surface area contributed by atoms with Crippen LogP contribution in [0.1, 0.15) is 63.0 Å². The van der Waals surface area contributed by atoms with Crippen LogP contribution in [-0.4, -0.2) is 47.0 Å². The Kier molecular flexibility index (Phi) is 8.62. The maximum absolute atomic E-state index is 12.7. The predicted molar refractivity (Wildman–Crippen MR) is 122 cm³/mol. The Balaban J connectivity index is 2.32. The lowest BCUT2D eigenvalue weighted by molar-refractivity contribution is -0.157. The van der Waals surface area contributed by atoms with Crippen LogP contribution in [0, 0.1) is 6.92 Å². The maximum Gasteiger partial charge on any atom is 0.344 e. The van der Waals surface area contributed by atoms with Crippen LogP contribution in [-0.2, 0) is 30.4 Å². The third-order valence-corrected chi connectivity index (χ3v) is 4.86. The number of carbonyl (C=O) groups excluding carboxylic acids is 4. The highest BCUT2D eigenvalue weighted by molar-refractivity contribution is 6.45. The van der Waals surface area contributed by atoms with E-state index in [9.17, 15) is 19.2 Å². The van der Waals surface area contributed by atoms with Gasteiger partial charge in [0.2, 0.25) is 0 Å². The van der Waals surface area contributed by atoms with Crippen molar-refractivity contribution in [2.45, 2.75) is 66.0 Å². The van der Waals surface area contributed by atoms with Crippen LogP contribution in [0.5, 0.6) is 5.75 Å². The van der Waals surface area contributed by atoms with E-state index < -0.39 is 23.3 Å². The van der Waals surface area contributed by atoms with Crippen LogP contribution in [0.4, 0.5) is 0 Å². The van der Waals surface area contributed by atoms with Gasteiger partial charge in [0.15, 0.2) is 6.61 Å². The van der Waals surface area contributed by atoms with E-state index >= 15 is 0 Å². The molecule has 1 amide bonds. The molecule has 2 rings (SSSR count). The molecule has 1 aromatic carbocycles. The van der Waals surface area contributed by atoms with Gasteiger partial charge in [-0.3, -0.25) is 14.4 Å². The van der Waals surface area contributed by atoms with Gasteiger partial charge in [0.05, 0.1) is 23.1 Å². The van der Waals surface area contributed by atoms with Gasteiger partial charge in [-0.05, 0) is 59.1 Å². The van der Waals surface area contributed by atoms with E-state index in [1.54, 1.807) is 39.8 Å². The molecule has 9 heteroatoms. The first kappa shape index (κ1) is 25.9. The number of fused-ring (bicyclic) bond motifs is 1. The van der Waals surface area contributed by atoms with Crippen LogP contribution < -0.4 is 10.5 Å². The Labute approximate surface area is 193 Å². The number of esters is 2. The SMILES string of the molecule is CC(=O)OCCCCCn1c(C)c(C(=O)C(N)=O)c2c(OCC(=O)OC(C)(C)C)cccc21. The first-order valence-electron chi connectivity index (χ1n) is 10.9. The van der Waals surface area contributed by atoms with Gasteiger partial charge in [0.25, 0.3) is 11.7 Å². The second kappa shape index (κ2) is 11.0. The van der Waals surface area contributed by atoms with E-state index in [-0.39, 0.29) is 18.1 Å². The molecule has 0 saturated heterocycles. The number of aromatic nitrogens is 1. The topological polar surface area (TPSA) is 127 Å². The number of primary amides is 1. The fourth-order valence-corrected chi connectivity index (χ4v) is 3.57. The van der Waals surface area contributed by atoms with Gasteiger partial charge in [0.1, 0.15) is 11.4 Å². The number of Topliss-reactive ketones (excluding diaryl/α,β-unsaturated/α-hetero) is 1. The van der Waals surface area contributed by atoms with Crippen LogP contribution in [0.15, 0.2) is 18.2 Å². The second-order valence-corrected chi connectivity index (χ2v) is 8.73. The zero-order chi connectivity index (χ0) is 24.8. The lowest BCUT2D eigenvalue weighted by Crippen LogP contribution is -2.27. The van der Waals surface area contributed by atoms with Gasteiger partial charge in [-0.25, -0.2) is 4.79 Å². The fraction of sp³-hybridized carbons (Fsp3) is 0.500. The van der Waals surface area contributed by atoms with Crippen molar-refractivity contribution in [3.63, 3.8) is 0 Å². The molecule has 2 aromatic rings. The summed E-state index contributed by atoms with van der Waals surface area (Å²) >= 11 is 0. The molecule has 9 nitrogen and oxygen atoms in total. The van der Waals surface area contributed by atoms with E-state index in [1.165, 1.54) is 6.92 Å². The zero-order valence-corrected chi connectivity index (χ0v) is 19.9. The molecule has 0 aliphatic rings. The number of hydrogen-bond donors (Lipinski definition) is 1. The highest BCUT2D eigenvalue weighted by Crippen LogP contribution is 2.34. The third kappa shape index (κ3) is 7.06. The average Bonchev–Trinajstić information content (AvgIpc) is 2.98. The Morgan fingerprint density at radius 2 is 1.76 bits per heavy atom. The highest BCUT2D eigenvalue weighted by atomic mass is 16.6. The van der Waals surface area contributed by atoms with Crippen molar-refractivity contribution in [3.8, 4) is 5.75 Å². The molecule has 1 heterocycles. The molecule has 0 saturated carbocycles. The summed E-state index contributed by atoms with van der Waals surface area (Å²) in [6.07, 6.45) is 2.29. The minimum Gasteiger partial charge on any atom is -0.481 e. The number of ketones is 1. The van der Waals surface area contributed by atoms with Gasteiger partial charge in [-0.1, -0.05) is 6.07 Å². The molecule has 1 aromatic heterocycles. The number of ether oxygens (including phenoxy) is 3. The summed E-state index contributed by atoms with van der Waals surface area (Å²) in [5.74, 6) is -2.46. The van der Waals surface area contributed by atoms with E-state index in [0.717, 1.165) is 19.3 Å². The summed E-state index contributed by atoms with van der Waals surface area (Å²) in [5, 5.41) is 0.433. The standard InChI is InChI=1S/C24H32N2O7/c1-15-20(22(29)23(25)30)21-17(26(15)12-7-6-8-13-31-16(2)27)10-9-11-18(21)32-14-19(28)33-24(3,4)5/h9-11H,6-8,12-14H2,1-5H3,(H2,25,30). The van der Waals surface area contributed by atoms with Gasteiger partial charge in [0, 0.05) is 19.2 Å². The normalized spacial score (nSPS) is 11.3. The summed E-state index contributed by atoms with van der Waals surface area (Å²) < 4.78 is 17.9. The van der Waals surface area contributed by atoms with Crippen molar-refractivity contribution in [1.29, 1.82) is 0 Å². The fourth-order valence-electron chi connectivity index (χ4n) is 3.57. The number of carbonyl (C=O) groups is 4. The van der Waals surface area contributed by atoms with Crippen LogP contribution in [0.25, 0.3) is 10.9 Å². The molecule has 0 bridgehead atoms. The molecule has 0 atom stereocenters. The summed E-state index contributed by atoms with van der Waals surface area (Å²) in [4.78, 5) is 47.4. The van der Waals surface area contributed by atoms with Gasteiger partial charge >= 0.3 is 11.9 Å². The molecule has 0 fully saturated rings. The molecular formula is C24H32N2O7. The quantitative estimate of drug-likeness (QED) is 0.236. The lowest BCUT2D eigenvalue weighted by atomic mass is 10.1. The number of aryl methyl sites for hydroxylation is 1. The minimum absolute atomic E-state index is 0.164. The predicted octanol–water partition coefficient (Wildman–Crippen LogP) is 3.07. The molecule has 0 radical (unpaired) electrons.